The molecular formula is C26H18NO4-. The molecule has 0 radical (unpaired) electrons. The summed E-state index contributed by atoms with van der Waals surface area (Å²) in [6.07, 6.45) is 0. The second kappa shape index (κ2) is 5.91. The van der Waals surface area contributed by atoms with E-state index in [1.807, 2.05) is 24.3 Å². The molecule has 0 saturated carbocycles. The van der Waals surface area contributed by atoms with Crippen LogP contribution in [0.5, 0.6) is 0 Å². The first kappa shape index (κ1) is 18.1. The topological polar surface area (TPSA) is 77.5 Å². The van der Waals surface area contributed by atoms with Crippen molar-refractivity contribution in [3.05, 3.63) is 101 Å². The fourth-order valence-electron chi connectivity index (χ4n) is 6.15. The van der Waals surface area contributed by atoms with Crippen molar-refractivity contribution in [1.29, 1.82) is 0 Å². The number of carboxylic acids is 1. The highest BCUT2D eigenvalue weighted by Crippen LogP contribution is 2.64. The summed E-state index contributed by atoms with van der Waals surface area (Å²) in [5.41, 5.74) is 4.22. The second-order valence-corrected chi connectivity index (χ2v) is 8.70. The first-order valence-corrected chi connectivity index (χ1v) is 10.3. The van der Waals surface area contributed by atoms with Gasteiger partial charge >= 0.3 is 0 Å². The third-order valence-corrected chi connectivity index (χ3v) is 7.40. The third-order valence-electron chi connectivity index (χ3n) is 7.40. The Kier molecular flexibility index (Phi) is 3.45. The summed E-state index contributed by atoms with van der Waals surface area (Å²) in [6, 6.07) is 22.0. The highest BCUT2D eigenvalue weighted by molar-refractivity contribution is 6.23. The minimum absolute atomic E-state index is 0.00658. The van der Waals surface area contributed by atoms with E-state index < -0.39 is 23.2 Å². The maximum Gasteiger partial charge on any atom is 0.238 e. The minimum Gasteiger partial charge on any atom is -0.545 e. The quantitative estimate of drug-likeness (QED) is 0.611. The van der Waals surface area contributed by atoms with Gasteiger partial charge in [-0.3, -0.25) is 9.59 Å². The van der Waals surface area contributed by atoms with Crippen LogP contribution < -0.4 is 10.0 Å². The Bertz CT molecular complexity index is 1250. The smallest absolute Gasteiger partial charge is 0.238 e. The molecule has 4 aliphatic rings. The van der Waals surface area contributed by atoms with Gasteiger partial charge in [0.25, 0.3) is 0 Å². The summed E-state index contributed by atoms with van der Waals surface area (Å²) >= 11 is 0. The molecule has 0 unspecified atom stereocenters. The molecule has 5 nitrogen and oxygen atoms in total. The van der Waals surface area contributed by atoms with Crippen molar-refractivity contribution in [2.45, 2.75) is 18.3 Å². The van der Waals surface area contributed by atoms with Crippen molar-refractivity contribution in [3.63, 3.8) is 0 Å². The van der Waals surface area contributed by atoms with E-state index in [4.69, 9.17) is 0 Å². The van der Waals surface area contributed by atoms with Gasteiger partial charge in [0.15, 0.2) is 0 Å². The zero-order valence-corrected chi connectivity index (χ0v) is 16.7. The zero-order chi connectivity index (χ0) is 21.5. The molecule has 1 fully saturated rings. The lowest BCUT2D eigenvalue weighted by molar-refractivity contribution is -0.255. The van der Waals surface area contributed by atoms with Crippen molar-refractivity contribution >= 4 is 23.5 Å². The van der Waals surface area contributed by atoms with Crippen LogP contribution in [-0.4, -0.2) is 17.8 Å². The number of aromatic carboxylic acids is 1. The van der Waals surface area contributed by atoms with Gasteiger partial charge < -0.3 is 9.90 Å². The van der Waals surface area contributed by atoms with E-state index in [0.29, 0.717) is 5.69 Å². The Morgan fingerprint density at radius 1 is 0.839 bits per heavy atom. The molecule has 2 bridgehead atoms. The number of rotatable bonds is 2. The van der Waals surface area contributed by atoms with Gasteiger partial charge in [-0.1, -0.05) is 67.6 Å². The van der Waals surface area contributed by atoms with Gasteiger partial charge in [0, 0.05) is 11.3 Å². The van der Waals surface area contributed by atoms with E-state index in [1.165, 1.54) is 29.2 Å². The summed E-state index contributed by atoms with van der Waals surface area (Å²) < 4.78 is 0. The van der Waals surface area contributed by atoms with Crippen LogP contribution in [0.25, 0.3) is 0 Å². The van der Waals surface area contributed by atoms with Crippen molar-refractivity contribution < 1.29 is 19.5 Å². The Hall–Kier alpha value is -3.73. The van der Waals surface area contributed by atoms with Crippen LogP contribution in [0.4, 0.5) is 5.69 Å². The Labute approximate surface area is 178 Å². The van der Waals surface area contributed by atoms with E-state index in [-0.39, 0.29) is 23.3 Å². The molecule has 5 heteroatoms. The predicted octanol–water partition coefficient (Wildman–Crippen LogP) is 2.62. The predicted molar refractivity (Wildman–Crippen MR) is 111 cm³/mol. The van der Waals surface area contributed by atoms with Crippen molar-refractivity contribution in [1.82, 2.24) is 0 Å². The van der Waals surface area contributed by atoms with Crippen LogP contribution >= 0.6 is 0 Å². The fourth-order valence-corrected chi connectivity index (χ4v) is 6.15. The molecule has 152 valence electrons. The summed E-state index contributed by atoms with van der Waals surface area (Å²) in [4.78, 5) is 39.8. The Morgan fingerprint density at radius 2 is 1.39 bits per heavy atom. The van der Waals surface area contributed by atoms with Crippen molar-refractivity contribution in [2.75, 3.05) is 4.90 Å². The number of hydrogen-bond acceptors (Lipinski definition) is 4. The van der Waals surface area contributed by atoms with Gasteiger partial charge in [-0.2, -0.15) is 0 Å². The minimum atomic E-state index is -1.30. The highest BCUT2D eigenvalue weighted by atomic mass is 16.4. The molecule has 2 atom stereocenters. The van der Waals surface area contributed by atoms with E-state index in [1.54, 1.807) is 0 Å². The maximum atomic E-state index is 13.8. The Balaban J connectivity index is 1.55. The lowest BCUT2D eigenvalue weighted by Crippen LogP contribution is -2.51. The molecule has 31 heavy (non-hydrogen) atoms. The van der Waals surface area contributed by atoms with Crippen LogP contribution in [0, 0.1) is 11.8 Å². The van der Waals surface area contributed by atoms with Crippen LogP contribution in [-0.2, 0) is 15.0 Å². The standard InChI is InChI=1S/C26H19NO4/c1-26-18-8-4-2-6-16(18)20(17-7-3-5-9-19(17)26)21-22(26)24(29)27(23(21)28)15-12-10-14(11-13-15)25(30)31/h2-13,20-22H,1H3,(H,30,31)/p-1/t20?,21-,22-,26?/m1/s1. The molecule has 2 amide bonds. The molecule has 0 spiro atoms. The van der Waals surface area contributed by atoms with E-state index in [9.17, 15) is 19.5 Å². The number of benzene rings is 3. The van der Waals surface area contributed by atoms with Crippen LogP contribution in [0.15, 0.2) is 72.8 Å². The number of imide groups is 1. The van der Waals surface area contributed by atoms with E-state index in [2.05, 4.69) is 31.2 Å². The monoisotopic (exact) mass is 408 g/mol. The molecule has 3 aromatic carbocycles. The number of hydrogen-bond donors (Lipinski definition) is 0. The van der Waals surface area contributed by atoms with E-state index >= 15 is 0 Å². The first-order valence-electron chi connectivity index (χ1n) is 10.3. The van der Waals surface area contributed by atoms with Crippen LogP contribution in [0.1, 0.15) is 45.5 Å². The van der Waals surface area contributed by atoms with Gasteiger partial charge in [0.05, 0.1) is 23.5 Å². The third kappa shape index (κ3) is 2.08. The number of amides is 2. The van der Waals surface area contributed by atoms with Crippen LogP contribution in [0.2, 0.25) is 0 Å². The van der Waals surface area contributed by atoms with E-state index in [0.717, 1.165) is 22.3 Å². The fraction of sp³-hybridized carbons (Fsp3) is 0.192. The van der Waals surface area contributed by atoms with Gasteiger partial charge in [-0.25, -0.2) is 4.90 Å². The lowest BCUT2D eigenvalue weighted by atomic mass is 9.48. The summed E-state index contributed by atoms with van der Waals surface area (Å²) in [5, 5.41) is 11.1. The SMILES string of the molecule is CC12c3ccccc3C(c3ccccc31)[C@H]1C(=O)N(c3ccc(C(=O)[O-])cc3)C(=O)[C@@H]12. The summed E-state index contributed by atoms with van der Waals surface area (Å²) in [5.74, 6) is -2.92. The molecule has 1 saturated heterocycles. The van der Waals surface area contributed by atoms with Gasteiger partial charge in [0.1, 0.15) is 0 Å². The first-order chi connectivity index (χ1) is 14.9. The number of carbonyl (C=O) groups excluding carboxylic acids is 3. The van der Waals surface area contributed by atoms with Gasteiger partial charge in [-0.15, -0.1) is 0 Å². The molecule has 3 aromatic rings. The number of nitrogens with zero attached hydrogens (tertiary/aromatic N) is 1. The average Bonchev–Trinajstić information content (AvgIpc) is 3.06. The van der Waals surface area contributed by atoms with Gasteiger partial charge in [-0.05, 0) is 39.9 Å². The number of carbonyl (C=O) groups is 3. The second-order valence-electron chi connectivity index (χ2n) is 8.70. The number of anilines is 1. The maximum absolute atomic E-state index is 13.8. The molecule has 0 N–H and O–H groups in total. The van der Waals surface area contributed by atoms with Crippen LogP contribution in [0.3, 0.4) is 0 Å². The van der Waals surface area contributed by atoms with Crippen molar-refractivity contribution in [2.24, 2.45) is 11.8 Å². The molecule has 1 heterocycles. The number of carboxylic acid groups (broad SMARTS) is 1. The largest absolute Gasteiger partial charge is 0.545 e. The summed E-state index contributed by atoms with van der Waals surface area (Å²) in [7, 11) is 0. The average molecular weight is 408 g/mol. The Morgan fingerprint density at radius 3 is 1.94 bits per heavy atom. The molecule has 3 aliphatic carbocycles. The summed E-state index contributed by atoms with van der Waals surface area (Å²) in [6.45, 7) is 2.07. The van der Waals surface area contributed by atoms with Crippen molar-refractivity contribution in [3.8, 4) is 0 Å². The zero-order valence-electron chi connectivity index (χ0n) is 16.7. The molecule has 1 aliphatic heterocycles. The lowest BCUT2D eigenvalue weighted by Gasteiger charge is -2.52. The molecule has 0 aromatic heterocycles. The highest BCUT2D eigenvalue weighted by Gasteiger charge is 2.66. The van der Waals surface area contributed by atoms with Gasteiger partial charge in [0.2, 0.25) is 11.8 Å². The molecule has 7 rings (SSSR count). The normalized spacial score (nSPS) is 27.6. The molecular weight excluding hydrogens is 390 g/mol.